The summed E-state index contributed by atoms with van der Waals surface area (Å²) in [4.78, 5) is 5.02. The molecule has 1 heterocycles. The number of nitrogens with zero attached hydrogens (tertiary/aromatic N) is 2. The number of halogens is 2. The zero-order chi connectivity index (χ0) is 15.8. The first-order valence-electron chi connectivity index (χ1n) is 8.21. The van der Waals surface area contributed by atoms with E-state index in [4.69, 9.17) is 23.2 Å². The molecule has 1 saturated carbocycles. The molecule has 4 heteroatoms. The summed E-state index contributed by atoms with van der Waals surface area (Å²) < 4.78 is 0. The third-order valence-corrected chi connectivity index (χ3v) is 5.42. The van der Waals surface area contributed by atoms with Gasteiger partial charge < -0.3 is 4.90 Å². The van der Waals surface area contributed by atoms with Crippen LogP contribution in [0.2, 0.25) is 10.0 Å². The lowest BCUT2D eigenvalue weighted by Crippen LogP contribution is -2.47. The summed E-state index contributed by atoms with van der Waals surface area (Å²) in [6.07, 6.45) is 1.30. The van der Waals surface area contributed by atoms with Crippen molar-refractivity contribution in [3.8, 4) is 0 Å². The molecule has 120 valence electrons. The highest BCUT2D eigenvalue weighted by Gasteiger charge is 2.43. The highest BCUT2D eigenvalue weighted by Crippen LogP contribution is 2.45. The number of benzene rings is 2. The van der Waals surface area contributed by atoms with Crippen LogP contribution in [0.5, 0.6) is 0 Å². The third kappa shape index (κ3) is 3.35. The molecule has 2 nitrogen and oxygen atoms in total. The lowest BCUT2D eigenvalue weighted by molar-refractivity contribution is 0.244. The zero-order valence-corrected chi connectivity index (χ0v) is 14.5. The van der Waals surface area contributed by atoms with Crippen LogP contribution < -0.4 is 4.90 Å². The van der Waals surface area contributed by atoms with Crippen LogP contribution in [-0.4, -0.2) is 37.1 Å². The van der Waals surface area contributed by atoms with Gasteiger partial charge in [-0.25, -0.2) is 0 Å². The van der Waals surface area contributed by atoms with Crippen molar-refractivity contribution in [1.29, 1.82) is 0 Å². The minimum absolute atomic E-state index is 0.710. The van der Waals surface area contributed by atoms with Crippen LogP contribution in [0.1, 0.15) is 17.9 Å². The summed E-state index contributed by atoms with van der Waals surface area (Å²) in [5, 5.41) is 1.42. The molecule has 0 spiro atoms. The molecule has 23 heavy (non-hydrogen) atoms. The summed E-state index contributed by atoms with van der Waals surface area (Å²) in [5.41, 5.74) is 2.62. The van der Waals surface area contributed by atoms with Gasteiger partial charge in [-0.1, -0.05) is 53.5 Å². The average Bonchev–Trinajstić information content (AvgIpc) is 3.36. The Bertz CT molecular complexity index is 661. The Morgan fingerprint density at radius 1 is 0.826 bits per heavy atom. The molecule has 2 aromatic carbocycles. The smallest absolute Gasteiger partial charge is 0.0441 e. The van der Waals surface area contributed by atoms with E-state index in [1.165, 1.54) is 12.0 Å². The first-order chi connectivity index (χ1) is 11.2. The van der Waals surface area contributed by atoms with Gasteiger partial charge in [-0.05, 0) is 30.2 Å². The second kappa shape index (κ2) is 6.35. The summed E-state index contributed by atoms with van der Waals surface area (Å²) in [6.45, 7) is 4.29. The maximum absolute atomic E-state index is 6.12. The second-order valence-corrected chi connectivity index (χ2v) is 7.34. The molecule has 2 atom stereocenters. The molecule has 0 bridgehead atoms. The molecule has 0 aromatic heterocycles. The molecular formula is C19H20Cl2N2. The van der Waals surface area contributed by atoms with E-state index in [1.54, 1.807) is 6.07 Å². The highest BCUT2D eigenvalue weighted by atomic mass is 35.5. The van der Waals surface area contributed by atoms with Crippen LogP contribution in [0.4, 0.5) is 5.69 Å². The molecule has 1 saturated heterocycles. The largest absolute Gasteiger partial charge is 0.369 e. The molecule has 1 aliphatic carbocycles. The second-order valence-electron chi connectivity index (χ2n) is 6.47. The van der Waals surface area contributed by atoms with Crippen molar-refractivity contribution in [1.82, 2.24) is 4.90 Å². The Kier molecular flexibility index (Phi) is 4.23. The maximum Gasteiger partial charge on any atom is 0.0441 e. The van der Waals surface area contributed by atoms with Gasteiger partial charge in [-0.2, -0.15) is 0 Å². The van der Waals surface area contributed by atoms with Gasteiger partial charge in [0.25, 0.3) is 0 Å². The fraction of sp³-hybridized carbons (Fsp3) is 0.368. The van der Waals surface area contributed by atoms with Gasteiger partial charge in [-0.3, -0.25) is 4.90 Å². The lowest BCUT2D eigenvalue weighted by atomic mass is 10.1. The van der Waals surface area contributed by atoms with E-state index in [-0.39, 0.29) is 0 Å². The summed E-state index contributed by atoms with van der Waals surface area (Å²) in [5.74, 6) is 0.725. The van der Waals surface area contributed by atoms with Crippen molar-refractivity contribution in [2.75, 3.05) is 31.1 Å². The summed E-state index contributed by atoms with van der Waals surface area (Å²) in [7, 11) is 0. The van der Waals surface area contributed by atoms with Crippen molar-refractivity contribution in [2.24, 2.45) is 0 Å². The number of anilines is 1. The monoisotopic (exact) mass is 346 g/mol. The molecule has 2 aromatic rings. The van der Waals surface area contributed by atoms with Crippen molar-refractivity contribution < 1.29 is 0 Å². The number of hydrogen-bond acceptors (Lipinski definition) is 2. The molecule has 0 amide bonds. The summed E-state index contributed by atoms with van der Waals surface area (Å²) >= 11 is 12.2. The maximum atomic E-state index is 6.12. The minimum Gasteiger partial charge on any atom is -0.369 e. The quantitative estimate of drug-likeness (QED) is 0.796. The van der Waals surface area contributed by atoms with E-state index in [2.05, 4.69) is 40.1 Å². The van der Waals surface area contributed by atoms with Gasteiger partial charge in [0.1, 0.15) is 0 Å². The van der Waals surface area contributed by atoms with E-state index in [9.17, 15) is 0 Å². The first-order valence-corrected chi connectivity index (χ1v) is 8.96. The highest BCUT2D eigenvalue weighted by molar-refractivity contribution is 6.35. The van der Waals surface area contributed by atoms with Crippen LogP contribution >= 0.6 is 23.2 Å². The molecule has 1 aliphatic heterocycles. The van der Waals surface area contributed by atoms with E-state index in [0.29, 0.717) is 10.0 Å². The number of hydrogen-bond donors (Lipinski definition) is 0. The summed E-state index contributed by atoms with van der Waals surface area (Å²) in [6, 6.07) is 17.4. The third-order valence-electron chi connectivity index (χ3n) is 4.98. The van der Waals surface area contributed by atoms with Crippen LogP contribution in [0.3, 0.4) is 0 Å². The predicted molar refractivity (Wildman–Crippen MR) is 97.8 cm³/mol. The Morgan fingerprint density at radius 2 is 1.48 bits per heavy atom. The predicted octanol–water partition coefficient (Wildman–Crippen LogP) is 4.67. The normalized spacial score (nSPS) is 24.7. The fourth-order valence-corrected chi connectivity index (χ4v) is 4.19. The molecule has 2 fully saturated rings. The number of rotatable bonds is 3. The van der Waals surface area contributed by atoms with Crippen LogP contribution in [0, 0.1) is 0 Å². The van der Waals surface area contributed by atoms with Crippen LogP contribution in [-0.2, 0) is 0 Å². The van der Waals surface area contributed by atoms with E-state index in [1.807, 2.05) is 12.1 Å². The fourth-order valence-electron chi connectivity index (χ4n) is 3.68. The molecule has 0 radical (unpaired) electrons. The standard InChI is InChI=1S/C19H20Cl2N2/c20-15-10-16(21)12-17(11-15)22-6-8-23(9-7-22)19-13-18(19)14-4-2-1-3-5-14/h1-5,10-12,18-19H,6-9,13H2/t18-,19+/m0/s1. The average molecular weight is 347 g/mol. The van der Waals surface area contributed by atoms with E-state index >= 15 is 0 Å². The molecule has 4 rings (SSSR count). The minimum atomic E-state index is 0.710. The van der Waals surface area contributed by atoms with Gasteiger partial charge >= 0.3 is 0 Å². The van der Waals surface area contributed by atoms with Crippen LogP contribution in [0.25, 0.3) is 0 Å². The SMILES string of the molecule is Clc1cc(Cl)cc(N2CCN([C@@H]3C[C@H]3c3ccccc3)CC2)c1. The van der Waals surface area contributed by atoms with Crippen molar-refractivity contribution in [2.45, 2.75) is 18.4 Å². The Labute approximate surface area is 147 Å². The zero-order valence-electron chi connectivity index (χ0n) is 13.0. The van der Waals surface area contributed by atoms with Gasteiger partial charge in [0.2, 0.25) is 0 Å². The molecule has 0 unspecified atom stereocenters. The van der Waals surface area contributed by atoms with Crippen LogP contribution in [0.15, 0.2) is 48.5 Å². The van der Waals surface area contributed by atoms with Gasteiger partial charge in [-0.15, -0.1) is 0 Å². The topological polar surface area (TPSA) is 6.48 Å². The van der Waals surface area contributed by atoms with E-state index < -0.39 is 0 Å². The Balaban J connectivity index is 1.37. The van der Waals surface area contributed by atoms with Gasteiger partial charge in [0.15, 0.2) is 0 Å². The molecular weight excluding hydrogens is 327 g/mol. The van der Waals surface area contributed by atoms with Crippen molar-refractivity contribution >= 4 is 28.9 Å². The number of piperazine rings is 1. The van der Waals surface area contributed by atoms with Gasteiger partial charge in [0, 0.05) is 53.9 Å². The Hall–Kier alpha value is -1.22. The van der Waals surface area contributed by atoms with Gasteiger partial charge in [0.05, 0.1) is 0 Å². The Morgan fingerprint density at radius 3 is 2.13 bits per heavy atom. The first kappa shape index (κ1) is 15.3. The van der Waals surface area contributed by atoms with Crippen molar-refractivity contribution in [3.05, 3.63) is 64.1 Å². The lowest BCUT2D eigenvalue weighted by Gasteiger charge is -2.36. The van der Waals surface area contributed by atoms with Crippen molar-refractivity contribution in [3.63, 3.8) is 0 Å². The molecule has 0 N–H and O–H groups in total. The van der Waals surface area contributed by atoms with E-state index in [0.717, 1.165) is 43.8 Å². The molecule has 2 aliphatic rings.